The van der Waals surface area contributed by atoms with E-state index in [1.165, 1.54) is 12.1 Å². The van der Waals surface area contributed by atoms with Gasteiger partial charge < -0.3 is 14.8 Å². The molecule has 7 heteroatoms. The number of carbonyl (C=O) groups is 1. The predicted octanol–water partition coefficient (Wildman–Crippen LogP) is 4.64. The van der Waals surface area contributed by atoms with Crippen LogP contribution in [0.25, 0.3) is 11.0 Å². The summed E-state index contributed by atoms with van der Waals surface area (Å²) >= 11 is 0. The van der Waals surface area contributed by atoms with Gasteiger partial charge in [0.2, 0.25) is 0 Å². The normalized spacial score (nSPS) is 14.4. The number of hydrogen-bond acceptors (Lipinski definition) is 4. The second kappa shape index (κ2) is 9.88. The standard InChI is InChI=1S/C28H30FN5O/c1-20-4-3-5-21(18-20)28(35)30-23-8-11-26-25(19-23)31-27(32(26)2)12-13-33-14-16-34(17-15-33)24-9-6-22(29)7-10-24/h3-11,18-19H,12-17H2,1-2H3,(H,30,35). The molecule has 1 aliphatic heterocycles. The second-order valence-electron chi connectivity index (χ2n) is 9.17. The van der Waals surface area contributed by atoms with Crippen LogP contribution in [0.15, 0.2) is 66.7 Å². The number of imidazole rings is 1. The fourth-order valence-electron chi connectivity index (χ4n) is 4.68. The fraction of sp³-hybridized carbons (Fsp3) is 0.286. The molecule has 1 aliphatic rings. The number of nitrogens with one attached hydrogen (secondary N) is 1. The number of hydrogen-bond donors (Lipinski definition) is 1. The van der Waals surface area contributed by atoms with Gasteiger partial charge in [-0.1, -0.05) is 17.7 Å². The van der Waals surface area contributed by atoms with Crippen molar-refractivity contribution in [1.29, 1.82) is 0 Å². The molecule has 0 saturated carbocycles. The molecule has 5 rings (SSSR count). The fourth-order valence-corrected chi connectivity index (χ4v) is 4.68. The highest BCUT2D eigenvalue weighted by Gasteiger charge is 2.18. The zero-order valence-electron chi connectivity index (χ0n) is 20.2. The molecule has 1 fully saturated rings. The highest BCUT2D eigenvalue weighted by Crippen LogP contribution is 2.22. The number of carbonyl (C=O) groups excluding carboxylic acids is 1. The molecule has 0 bridgehead atoms. The van der Waals surface area contributed by atoms with E-state index in [9.17, 15) is 9.18 Å². The summed E-state index contributed by atoms with van der Waals surface area (Å²) in [6.45, 7) is 6.71. The molecule has 2 heterocycles. The molecule has 1 aromatic heterocycles. The average molecular weight is 472 g/mol. The molecule has 6 nitrogen and oxygen atoms in total. The van der Waals surface area contributed by atoms with Crippen molar-refractivity contribution in [3.05, 3.63) is 89.5 Å². The molecule has 4 aromatic rings. The molecule has 1 saturated heterocycles. The number of aryl methyl sites for hydroxylation is 2. The Kier molecular flexibility index (Phi) is 6.51. The molecule has 3 aromatic carbocycles. The number of anilines is 2. The minimum Gasteiger partial charge on any atom is -0.369 e. The average Bonchev–Trinajstić information content (AvgIpc) is 3.18. The molecule has 0 unspecified atom stereocenters. The van der Waals surface area contributed by atoms with Crippen LogP contribution in [0.5, 0.6) is 0 Å². The molecule has 0 radical (unpaired) electrons. The Morgan fingerprint density at radius 2 is 1.77 bits per heavy atom. The second-order valence-corrected chi connectivity index (χ2v) is 9.17. The summed E-state index contributed by atoms with van der Waals surface area (Å²) < 4.78 is 15.3. The Hall–Kier alpha value is -3.71. The largest absolute Gasteiger partial charge is 0.369 e. The number of halogens is 1. The van der Waals surface area contributed by atoms with Crippen LogP contribution in [-0.4, -0.2) is 53.1 Å². The van der Waals surface area contributed by atoms with E-state index < -0.39 is 0 Å². The molecule has 1 amide bonds. The maximum Gasteiger partial charge on any atom is 0.255 e. The van der Waals surface area contributed by atoms with Crippen LogP contribution in [0.1, 0.15) is 21.7 Å². The van der Waals surface area contributed by atoms with E-state index in [-0.39, 0.29) is 11.7 Å². The van der Waals surface area contributed by atoms with E-state index in [1.54, 1.807) is 0 Å². The van der Waals surface area contributed by atoms with E-state index in [4.69, 9.17) is 4.98 Å². The summed E-state index contributed by atoms with van der Waals surface area (Å²) in [4.78, 5) is 22.2. The molecule has 0 aliphatic carbocycles. The number of fused-ring (bicyclic) bond motifs is 1. The van der Waals surface area contributed by atoms with Gasteiger partial charge in [-0.2, -0.15) is 0 Å². The number of piperazine rings is 1. The topological polar surface area (TPSA) is 53.4 Å². The lowest BCUT2D eigenvalue weighted by Gasteiger charge is -2.36. The summed E-state index contributed by atoms with van der Waals surface area (Å²) in [5, 5.41) is 2.99. The predicted molar refractivity (Wildman–Crippen MR) is 139 cm³/mol. The Morgan fingerprint density at radius 3 is 2.51 bits per heavy atom. The molecular formula is C28H30FN5O. The molecule has 1 N–H and O–H groups in total. The van der Waals surface area contributed by atoms with Crippen LogP contribution in [-0.2, 0) is 13.5 Å². The van der Waals surface area contributed by atoms with E-state index >= 15 is 0 Å². The van der Waals surface area contributed by atoms with Gasteiger partial charge in [-0.15, -0.1) is 0 Å². The van der Waals surface area contributed by atoms with Gasteiger partial charge in [0.25, 0.3) is 5.91 Å². The number of aromatic nitrogens is 2. The van der Waals surface area contributed by atoms with Crippen molar-refractivity contribution >= 4 is 28.3 Å². The first kappa shape index (κ1) is 23.1. The highest BCUT2D eigenvalue weighted by molar-refractivity contribution is 6.05. The van der Waals surface area contributed by atoms with Gasteiger partial charge >= 0.3 is 0 Å². The zero-order valence-corrected chi connectivity index (χ0v) is 20.2. The van der Waals surface area contributed by atoms with E-state index in [2.05, 4.69) is 19.7 Å². The SMILES string of the molecule is Cc1cccc(C(=O)Nc2ccc3c(c2)nc(CCN2CCN(c4ccc(F)cc4)CC2)n3C)c1. The maximum absolute atomic E-state index is 13.2. The van der Waals surface area contributed by atoms with Gasteiger partial charge in [0.05, 0.1) is 11.0 Å². The molecule has 0 atom stereocenters. The zero-order chi connectivity index (χ0) is 24.4. The summed E-state index contributed by atoms with van der Waals surface area (Å²) in [7, 11) is 2.04. The molecular weight excluding hydrogens is 441 g/mol. The van der Waals surface area contributed by atoms with Crippen LogP contribution in [0, 0.1) is 12.7 Å². The highest BCUT2D eigenvalue weighted by atomic mass is 19.1. The Morgan fingerprint density at radius 1 is 1.00 bits per heavy atom. The first-order valence-electron chi connectivity index (χ1n) is 12.0. The van der Waals surface area contributed by atoms with Crippen molar-refractivity contribution < 1.29 is 9.18 Å². The third-order valence-electron chi connectivity index (χ3n) is 6.73. The first-order valence-corrected chi connectivity index (χ1v) is 12.0. The number of benzene rings is 3. The monoisotopic (exact) mass is 471 g/mol. The third-order valence-corrected chi connectivity index (χ3v) is 6.73. The number of amides is 1. The lowest BCUT2D eigenvalue weighted by atomic mass is 10.1. The Labute approximate surface area is 205 Å². The number of rotatable bonds is 6. The van der Waals surface area contributed by atoms with Crippen molar-refractivity contribution in [2.45, 2.75) is 13.3 Å². The van der Waals surface area contributed by atoms with Gasteiger partial charge in [0, 0.05) is 63.1 Å². The van der Waals surface area contributed by atoms with Crippen LogP contribution in [0.4, 0.5) is 15.8 Å². The van der Waals surface area contributed by atoms with Crippen LogP contribution in [0.2, 0.25) is 0 Å². The third kappa shape index (κ3) is 5.20. The van der Waals surface area contributed by atoms with Crippen molar-refractivity contribution in [3.8, 4) is 0 Å². The quantitative estimate of drug-likeness (QED) is 0.445. The lowest BCUT2D eigenvalue weighted by molar-refractivity contribution is 0.102. The van der Waals surface area contributed by atoms with Crippen molar-refractivity contribution in [1.82, 2.24) is 14.5 Å². The Bertz CT molecular complexity index is 1340. The first-order chi connectivity index (χ1) is 17.0. The Balaban J connectivity index is 1.20. The summed E-state index contributed by atoms with van der Waals surface area (Å²) in [6.07, 6.45) is 0.854. The minimum atomic E-state index is -0.199. The summed E-state index contributed by atoms with van der Waals surface area (Å²) in [5.74, 6) is 0.711. The van der Waals surface area contributed by atoms with Crippen LogP contribution < -0.4 is 10.2 Å². The van der Waals surface area contributed by atoms with Crippen molar-refractivity contribution in [2.75, 3.05) is 42.9 Å². The minimum absolute atomic E-state index is 0.121. The molecule has 0 spiro atoms. The van der Waals surface area contributed by atoms with Crippen molar-refractivity contribution in [2.24, 2.45) is 7.05 Å². The van der Waals surface area contributed by atoms with E-state index in [1.807, 2.05) is 68.6 Å². The lowest BCUT2D eigenvalue weighted by Crippen LogP contribution is -2.47. The van der Waals surface area contributed by atoms with E-state index in [0.29, 0.717) is 5.56 Å². The summed E-state index contributed by atoms with van der Waals surface area (Å²) in [5.41, 5.74) is 5.45. The summed E-state index contributed by atoms with van der Waals surface area (Å²) in [6, 6.07) is 20.2. The van der Waals surface area contributed by atoms with Crippen molar-refractivity contribution in [3.63, 3.8) is 0 Å². The molecule has 35 heavy (non-hydrogen) atoms. The van der Waals surface area contributed by atoms with Crippen LogP contribution in [0.3, 0.4) is 0 Å². The van der Waals surface area contributed by atoms with Crippen LogP contribution >= 0.6 is 0 Å². The smallest absolute Gasteiger partial charge is 0.255 e. The molecule has 180 valence electrons. The van der Waals surface area contributed by atoms with Gasteiger partial charge in [0.1, 0.15) is 11.6 Å². The van der Waals surface area contributed by atoms with E-state index in [0.717, 1.165) is 72.9 Å². The maximum atomic E-state index is 13.2. The van der Waals surface area contributed by atoms with Gasteiger partial charge in [-0.3, -0.25) is 9.69 Å². The van der Waals surface area contributed by atoms with Gasteiger partial charge in [0.15, 0.2) is 0 Å². The van der Waals surface area contributed by atoms with Gasteiger partial charge in [-0.05, 0) is 61.5 Å². The van der Waals surface area contributed by atoms with Gasteiger partial charge in [-0.25, -0.2) is 9.37 Å². The number of nitrogens with zero attached hydrogens (tertiary/aromatic N) is 4.